The summed E-state index contributed by atoms with van der Waals surface area (Å²) in [4.78, 5) is 12.6. The second kappa shape index (κ2) is 9.69. The zero-order chi connectivity index (χ0) is 20.7. The van der Waals surface area contributed by atoms with Crippen LogP contribution in [0.4, 0.5) is 5.69 Å². The van der Waals surface area contributed by atoms with Gasteiger partial charge in [0.25, 0.3) is 0 Å². The summed E-state index contributed by atoms with van der Waals surface area (Å²) in [5, 5.41) is 3.18. The predicted octanol–water partition coefficient (Wildman–Crippen LogP) is 4.21. The molecule has 1 amide bonds. The maximum Gasteiger partial charge on any atom is 0.243 e. The van der Waals surface area contributed by atoms with E-state index in [4.69, 9.17) is 11.6 Å². The van der Waals surface area contributed by atoms with Crippen LogP contribution < -0.4 is 5.32 Å². The van der Waals surface area contributed by atoms with Crippen molar-refractivity contribution >= 4 is 33.2 Å². The molecule has 0 aliphatic rings. The molecule has 0 unspecified atom stereocenters. The highest BCUT2D eigenvalue weighted by Crippen LogP contribution is 2.19. The molecule has 7 heteroatoms. The molecule has 0 aliphatic heterocycles. The number of amides is 1. The topological polar surface area (TPSA) is 66.5 Å². The fourth-order valence-electron chi connectivity index (χ4n) is 2.82. The molecule has 0 bridgehead atoms. The number of nitrogens with zero attached hydrogens (tertiary/aromatic N) is 1. The number of halogens is 1. The van der Waals surface area contributed by atoms with E-state index in [2.05, 4.69) is 5.32 Å². The SMILES string of the molecule is O=C(CN(CCc1ccccc1)S(=O)(=O)c1ccc(Cl)cc1)Nc1ccccc1. The number of rotatable bonds is 8. The van der Waals surface area contributed by atoms with Crippen LogP contribution in [0.3, 0.4) is 0 Å². The zero-order valence-electron chi connectivity index (χ0n) is 15.7. The minimum atomic E-state index is -3.86. The van der Waals surface area contributed by atoms with E-state index in [1.807, 2.05) is 36.4 Å². The van der Waals surface area contributed by atoms with Gasteiger partial charge in [0.15, 0.2) is 0 Å². The first-order valence-electron chi connectivity index (χ1n) is 9.10. The molecule has 0 atom stereocenters. The fraction of sp³-hybridized carbons (Fsp3) is 0.136. The number of sulfonamides is 1. The molecule has 3 aromatic carbocycles. The number of benzene rings is 3. The highest BCUT2D eigenvalue weighted by molar-refractivity contribution is 7.89. The van der Waals surface area contributed by atoms with E-state index in [1.165, 1.54) is 28.6 Å². The van der Waals surface area contributed by atoms with Crippen LogP contribution in [0, 0.1) is 0 Å². The first-order chi connectivity index (χ1) is 13.9. The summed E-state index contributed by atoms with van der Waals surface area (Å²) in [6.07, 6.45) is 0.492. The third kappa shape index (κ3) is 5.90. The molecule has 0 spiro atoms. The van der Waals surface area contributed by atoms with Crippen LogP contribution >= 0.6 is 11.6 Å². The molecule has 0 aromatic heterocycles. The molecule has 29 heavy (non-hydrogen) atoms. The number of hydrogen-bond acceptors (Lipinski definition) is 3. The highest BCUT2D eigenvalue weighted by atomic mass is 35.5. The number of para-hydroxylation sites is 1. The van der Waals surface area contributed by atoms with Crippen molar-refractivity contribution in [3.8, 4) is 0 Å². The molecule has 5 nitrogen and oxygen atoms in total. The monoisotopic (exact) mass is 428 g/mol. The Morgan fingerprint density at radius 1 is 0.862 bits per heavy atom. The molecule has 0 saturated heterocycles. The van der Waals surface area contributed by atoms with Gasteiger partial charge < -0.3 is 5.32 Å². The lowest BCUT2D eigenvalue weighted by molar-refractivity contribution is -0.116. The number of nitrogens with one attached hydrogen (secondary N) is 1. The van der Waals surface area contributed by atoms with Gasteiger partial charge in [-0.2, -0.15) is 4.31 Å². The third-order valence-corrected chi connectivity index (χ3v) is 6.43. The van der Waals surface area contributed by atoms with Crippen molar-refractivity contribution in [2.75, 3.05) is 18.4 Å². The van der Waals surface area contributed by atoms with E-state index in [1.54, 1.807) is 24.3 Å². The van der Waals surface area contributed by atoms with Crippen LogP contribution in [-0.2, 0) is 21.2 Å². The van der Waals surface area contributed by atoms with Gasteiger partial charge in [-0.25, -0.2) is 8.42 Å². The fourth-order valence-corrected chi connectivity index (χ4v) is 4.34. The van der Waals surface area contributed by atoms with E-state index < -0.39 is 15.9 Å². The molecule has 3 rings (SSSR count). The number of hydrogen-bond donors (Lipinski definition) is 1. The lowest BCUT2D eigenvalue weighted by Crippen LogP contribution is -2.39. The van der Waals surface area contributed by atoms with E-state index >= 15 is 0 Å². The highest BCUT2D eigenvalue weighted by Gasteiger charge is 2.26. The van der Waals surface area contributed by atoms with Crippen molar-refractivity contribution in [1.29, 1.82) is 0 Å². The Morgan fingerprint density at radius 3 is 2.07 bits per heavy atom. The van der Waals surface area contributed by atoms with E-state index in [0.717, 1.165) is 5.56 Å². The lowest BCUT2D eigenvalue weighted by atomic mass is 10.1. The van der Waals surface area contributed by atoms with Crippen molar-refractivity contribution in [3.05, 3.63) is 95.5 Å². The van der Waals surface area contributed by atoms with Gasteiger partial charge in [0.05, 0.1) is 11.4 Å². The van der Waals surface area contributed by atoms with Crippen LogP contribution in [-0.4, -0.2) is 31.7 Å². The van der Waals surface area contributed by atoms with Crippen molar-refractivity contribution < 1.29 is 13.2 Å². The zero-order valence-corrected chi connectivity index (χ0v) is 17.2. The number of anilines is 1. The van der Waals surface area contributed by atoms with E-state index in [-0.39, 0.29) is 18.0 Å². The summed E-state index contributed by atoms with van der Waals surface area (Å²) >= 11 is 5.88. The first-order valence-corrected chi connectivity index (χ1v) is 10.9. The van der Waals surface area contributed by atoms with Crippen LogP contribution in [0.25, 0.3) is 0 Å². The van der Waals surface area contributed by atoms with Crippen LogP contribution in [0.15, 0.2) is 89.8 Å². The normalized spacial score (nSPS) is 11.4. The van der Waals surface area contributed by atoms with E-state index in [0.29, 0.717) is 17.1 Å². The number of carbonyl (C=O) groups is 1. The molecular weight excluding hydrogens is 408 g/mol. The molecule has 0 saturated carbocycles. The Balaban J connectivity index is 1.80. The summed E-state index contributed by atoms with van der Waals surface area (Å²) in [6.45, 7) is -0.107. The maximum atomic E-state index is 13.2. The van der Waals surface area contributed by atoms with Crippen molar-refractivity contribution in [1.82, 2.24) is 4.31 Å². The molecule has 0 aliphatic carbocycles. The largest absolute Gasteiger partial charge is 0.325 e. The molecule has 0 fully saturated rings. The molecule has 3 aromatic rings. The average Bonchev–Trinajstić information content (AvgIpc) is 2.73. The lowest BCUT2D eigenvalue weighted by Gasteiger charge is -2.22. The van der Waals surface area contributed by atoms with Gasteiger partial charge in [-0.05, 0) is 48.4 Å². The second-order valence-electron chi connectivity index (χ2n) is 6.44. The van der Waals surface area contributed by atoms with Gasteiger partial charge in [-0.1, -0.05) is 60.1 Å². The minimum Gasteiger partial charge on any atom is -0.325 e. The van der Waals surface area contributed by atoms with Gasteiger partial charge in [-0.3, -0.25) is 4.79 Å². The summed E-state index contributed by atoms with van der Waals surface area (Å²) in [7, 11) is -3.86. The Morgan fingerprint density at radius 2 is 1.45 bits per heavy atom. The summed E-state index contributed by atoms with van der Waals surface area (Å²) in [5.74, 6) is -0.401. The van der Waals surface area contributed by atoms with Crippen LogP contribution in [0.1, 0.15) is 5.56 Å². The van der Waals surface area contributed by atoms with Gasteiger partial charge in [0.1, 0.15) is 0 Å². The van der Waals surface area contributed by atoms with Crippen molar-refractivity contribution in [2.45, 2.75) is 11.3 Å². The average molecular weight is 429 g/mol. The smallest absolute Gasteiger partial charge is 0.243 e. The first kappa shape index (κ1) is 21.0. The van der Waals surface area contributed by atoms with E-state index in [9.17, 15) is 13.2 Å². The Labute approximate surface area is 176 Å². The van der Waals surface area contributed by atoms with Gasteiger partial charge in [0, 0.05) is 17.3 Å². The molecule has 0 heterocycles. The maximum absolute atomic E-state index is 13.2. The van der Waals surface area contributed by atoms with Gasteiger partial charge in [0.2, 0.25) is 15.9 Å². The van der Waals surface area contributed by atoms with Crippen molar-refractivity contribution in [3.63, 3.8) is 0 Å². The minimum absolute atomic E-state index is 0.0995. The molecule has 0 radical (unpaired) electrons. The Hall–Kier alpha value is -2.67. The summed E-state index contributed by atoms with van der Waals surface area (Å²) in [5.41, 5.74) is 1.61. The molecular formula is C22H21ClN2O3S. The quantitative estimate of drug-likeness (QED) is 0.584. The van der Waals surface area contributed by atoms with Gasteiger partial charge >= 0.3 is 0 Å². The van der Waals surface area contributed by atoms with Crippen molar-refractivity contribution in [2.24, 2.45) is 0 Å². The predicted molar refractivity (Wildman–Crippen MR) is 115 cm³/mol. The molecule has 1 N–H and O–H groups in total. The van der Waals surface area contributed by atoms with Crippen LogP contribution in [0.5, 0.6) is 0 Å². The second-order valence-corrected chi connectivity index (χ2v) is 8.82. The summed E-state index contributed by atoms with van der Waals surface area (Å²) < 4.78 is 27.5. The standard InChI is InChI=1S/C22H21ClN2O3S/c23-19-11-13-21(14-12-19)29(27,28)25(16-15-18-7-3-1-4-8-18)17-22(26)24-20-9-5-2-6-10-20/h1-14H,15-17H2,(H,24,26). The molecule has 150 valence electrons. The van der Waals surface area contributed by atoms with Crippen LogP contribution in [0.2, 0.25) is 5.02 Å². The Kier molecular flexibility index (Phi) is 7.04. The Bertz CT molecular complexity index is 1040. The summed E-state index contributed by atoms with van der Waals surface area (Å²) in [6, 6.07) is 24.4. The third-order valence-electron chi connectivity index (χ3n) is 4.32. The number of carbonyl (C=O) groups excluding carboxylic acids is 1. The van der Waals surface area contributed by atoms with Gasteiger partial charge in [-0.15, -0.1) is 0 Å².